The lowest BCUT2D eigenvalue weighted by molar-refractivity contribution is 0.195. The number of anilines is 2. The minimum Gasteiger partial charge on any atom is -0.335 e. The van der Waals surface area contributed by atoms with Crippen molar-refractivity contribution in [2.45, 2.75) is 69.7 Å². The lowest BCUT2D eigenvalue weighted by atomic mass is 9.61. The summed E-state index contributed by atoms with van der Waals surface area (Å²) >= 11 is 0. The standard InChI is InChI=1S/C44H38N2/c1-42(2)37-22-21-34-33-11-7-6-10-28(33)12-19-35(34)41(37)36-20-13-29(26-38(36)42)30-14-23-40-39(27-30)43(3)24-8-9-25-44(43,4)46(40)32-17-15-31(45-5)16-18-32/h6-7,10-23,26-27H,8-9,24-25H2,1-4H3. The molecule has 6 aromatic rings. The molecule has 9 rings (SSSR count). The molecule has 0 spiro atoms. The fourth-order valence-electron chi connectivity index (χ4n) is 9.50. The van der Waals surface area contributed by atoms with E-state index in [1.165, 1.54) is 91.1 Å². The monoisotopic (exact) mass is 594 g/mol. The highest BCUT2D eigenvalue weighted by Gasteiger charge is 2.57. The smallest absolute Gasteiger partial charge is 0.187 e. The van der Waals surface area contributed by atoms with Crippen LogP contribution in [0.1, 0.15) is 70.1 Å². The summed E-state index contributed by atoms with van der Waals surface area (Å²) in [4.78, 5) is 6.24. The molecule has 46 heavy (non-hydrogen) atoms. The largest absolute Gasteiger partial charge is 0.335 e. The SMILES string of the molecule is [C-]#[N+]c1ccc(N2c3ccc(-c4ccc5c(c4)C(C)(C)c4ccc6c(ccc7ccccc76)c4-5)cc3C3(C)CCCCC23C)cc1. The molecule has 6 aromatic carbocycles. The second-order valence-corrected chi connectivity index (χ2v) is 14.8. The van der Waals surface area contributed by atoms with Crippen molar-refractivity contribution in [2.75, 3.05) is 4.90 Å². The fraction of sp³-hybridized carbons (Fsp3) is 0.250. The van der Waals surface area contributed by atoms with Gasteiger partial charge in [-0.25, -0.2) is 4.85 Å². The first-order chi connectivity index (χ1) is 22.2. The van der Waals surface area contributed by atoms with Crippen LogP contribution in [0.4, 0.5) is 17.1 Å². The van der Waals surface area contributed by atoms with Crippen LogP contribution in [-0.4, -0.2) is 5.54 Å². The highest BCUT2D eigenvalue weighted by Crippen LogP contribution is 2.61. The van der Waals surface area contributed by atoms with Crippen molar-refractivity contribution in [2.24, 2.45) is 0 Å². The van der Waals surface area contributed by atoms with Crippen LogP contribution >= 0.6 is 0 Å². The summed E-state index contributed by atoms with van der Waals surface area (Å²) in [6.45, 7) is 17.2. The van der Waals surface area contributed by atoms with E-state index < -0.39 is 0 Å². The first-order valence-corrected chi connectivity index (χ1v) is 16.8. The third-order valence-corrected chi connectivity index (χ3v) is 12.2. The molecule has 2 nitrogen and oxygen atoms in total. The Morgan fingerprint density at radius 1 is 0.630 bits per heavy atom. The van der Waals surface area contributed by atoms with Gasteiger partial charge >= 0.3 is 0 Å². The maximum atomic E-state index is 7.45. The van der Waals surface area contributed by atoms with Crippen molar-refractivity contribution < 1.29 is 0 Å². The van der Waals surface area contributed by atoms with Crippen LogP contribution in [-0.2, 0) is 10.8 Å². The summed E-state index contributed by atoms with van der Waals surface area (Å²) in [6.07, 6.45) is 4.85. The van der Waals surface area contributed by atoms with E-state index in [4.69, 9.17) is 6.57 Å². The zero-order valence-corrected chi connectivity index (χ0v) is 27.1. The Morgan fingerprint density at radius 2 is 1.35 bits per heavy atom. The summed E-state index contributed by atoms with van der Waals surface area (Å²) in [5.74, 6) is 0. The van der Waals surface area contributed by atoms with Crippen molar-refractivity contribution >= 4 is 38.6 Å². The maximum Gasteiger partial charge on any atom is 0.187 e. The molecule has 0 bridgehead atoms. The van der Waals surface area contributed by atoms with E-state index in [-0.39, 0.29) is 16.4 Å². The number of rotatable bonds is 2. The van der Waals surface area contributed by atoms with Crippen LogP contribution in [0, 0.1) is 6.57 Å². The van der Waals surface area contributed by atoms with Gasteiger partial charge in [0.1, 0.15) is 0 Å². The molecule has 0 N–H and O–H groups in total. The third kappa shape index (κ3) is 3.47. The van der Waals surface area contributed by atoms with Crippen LogP contribution in [0.3, 0.4) is 0 Å². The highest BCUT2D eigenvalue weighted by atomic mass is 15.3. The third-order valence-electron chi connectivity index (χ3n) is 12.2. The first kappa shape index (κ1) is 27.4. The van der Waals surface area contributed by atoms with Gasteiger partial charge in [-0.3, -0.25) is 0 Å². The predicted octanol–water partition coefficient (Wildman–Crippen LogP) is 12.3. The maximum absolute atomic E-state index is 7.45. The van der Waals surface area contributed by atoms with Gasteiger partial charge < -0.3 is 4.90 Å². The van der Waals surface area contributed by atoms with Crippen LogP contribution in [0.15, 0.2) is 109 Å². The van der Waals surface area contributed by atoms with E-state index in [1.54, 1.807) is 0 Å². The Labute approximate surface area is 272 Å². The minimum atomic E-state index is -0.0839. The molecule has 2 heteroatoms. The topological polar surface area (TPSA) is 7.60 Å². The van der Waals surface area contributed by atoms with E-state index in [2.05, 4.69) is 135 Å². The zero-order chi connectivity index (χ0) is 31.4. The Morgan fingerprint density at radius 3 is 2.15 bits per heavy atom. The minimum absolute atomic E-state index is 0.0152. The molecule has 3 aliphatic rings. The highest BCUT2D eigenvalue weighted by molar-refractivity contribution is 6.14. The Balaban J connectivity index is 1.19. The van der Waals surface area contributed by atoms with Gasteiger partial charge in [-0.1, -0.05) is 112 Å². The first-order valence-electron chi connectivity index (χ1n) is 16.8. The summed E-state index contributed by atoms with van der Waals surface area (Å²) in [6, 6.07) is 40.7. The summed E-state index contributed by atoms with van der Waals surface area (Å²) in [5.41, 5.74) is 12.8. The molecule has 1 fully saturated rings. The molecule has 1 heterocycles. The van der Waals surface area contributed by atoms with E-state index in [0.29, 0.717) is 5.69 Å². The van der Waals surface area contributed by atoms with Crippen LogP contribution in [0.25, 0.3) is 48.6 Å². The number of hydrogen-bond acceptors (Lipinski definition) is 1. The number of hydrogen-bond donors (Lipinski definition) is 0. The fourth-order valence-corrected chi connectivity index (χ4v) is 9.50. The van der Waals surface area contributed by atoms with E-state index in [9.17, 15) is 0 Å². The second-order valence-electron chi connectivity index (χ2n) is 14.8. The van der Waals surface area contributed by atoms with Gasteiger partial charge in [-0.15, -0.1) is 0 Å². The van der Waals surface area contributed by atoms with E-state index in [0.717, 1.165) is 6.42 Å². The van der Waals surface area contributed by atoms with Gasteiger partial charge in [0.15, 0.2) is 5.69 Å². The molecule has 0 aromatic heterocycles. The van der Waals surface area contributed by atoms with Crippen LogP contribution in [0.5, 0.6) is 0 Å². The number of benzene rings is 6. The molecule has 2 aliphatic carbocycles. The average molecular weight is 595 g/mol. The molecule has 224 valence electrons. The quantitative estimate of drug-likeness (QED) is 0.143. The predicted molar refractivity (Wildman–Crippen MR) is 194 cm³/mol. The van der Waals surface area contributed by atoms with Gasteiger partial charge in [-0.05, 0) is 111 Å². The Hall–Kier alpha value is -4.87. The second kappa shape index (κ2) is 9.34. The Bertz CT molecular complexity index is 2290. The van der Waals surface area contributed by atoms with Crippen molar-refractivity contribution in [3.05, 3.63) is 137 Å². The van der Waals surface area contributed by atoms with Crippen molar-refractivity contribution in [3.8, 4) is 22.3 Å². The molecule has 2 unspecified atom stereocenters. The molecule has 1 saturated carbocycles. The van der Waals surface area contributed by atoms with Gasteiger partial charge in [0.05, 0.1) is 12.1 Å². The Kier molecular flexibility index (Phi) is 5.57. The van der Waals surface area contributed by atoms with Crippen molar-refractivity contribution in [3.63, 3.8) is 0 Å². The molecule has 0 saturated heterocycles. The van der Waals surface area contributed by atoms with Gasteiger partial charge in [0.2, 0.25) is 0 Å². The van der Waals surface area contributed by atoms with E-state index in [1.807, 2.05) is 12.1 Å². The number of nitrogens with zero attached hydrogens (tertiary/aromatic N) is 2. The summed E-state index contributed by atoms with van der Waals surface area (Å²) < 4.78 is 0. The molecular formula is C44H38N2. The molecule has 1 aliphatic heterocycles. The van der Waals surface area contributed by atoms with Crippen molar-refractivity contribution in [1.29, 1.82) is 0 Å². The van der Waals surface area contributed by atoms with Gasteiger partial charge in [-0.2, -0.15) is 0 Å². The number of fused-ring (bicyclic) bond motifs is 10. The molecular weight excluding hydrogens is 556 g/mol. The normalized spacial score (nSPS) is 22.3. The van der Waals surface area contributed by atoms with E-state index >= 15 is 0 Å². The van der Waals surface area contributed by atoms with Crippen molar-refractivity contribution in [1.82, 2.24) is 0 Å². The summed E-state index contributed by atoms with van der Waals surface area (Å²) in [7, 11) is 0. The zero-order valence-electron chi connectivity index (χ0n) is 27.1. The van der Waals surface area contributed by atoms with Crippen LogP contribution < -0.4 is 4.90 Å². The molecule has 0 amide bonds. The lowest BCUT2D eigenvalue weighted by Crippen LogP contribution is -2.54. The lowest BCUT2D eigenvalue weighted by Gasteiger charge is -2.50. The van der Waals surface area contributed by atoms with Crippen LogP contribution in [0.2, 0.25) is 0 Å². The summed E-state index contributed by atoms with van der Waals surface area (Å²) in [5, 5.41) is 5.30. The average Bonchev–Trinajstić information content (AvgIpc) is 3.44. The molecule has 0 radical (unpaired) electrons. The molecule has 2 atom stereocenters. The van der Waals surface area contributed by atoms with Gasteiger partial charge in [0.25, 0.3) is 0 Å². The van der Waals surface area contributed by atoms with Gasteiger partial charge in [0, 0.05) is 22.2 Å².